The quantitative estimate of drug-likeness (QED) is 0.780. The summed E-state index contributed by atoms with van der Waals surface area (Å²) in [6.45, 7) is 3.78. The molecule has 2 aliphatic carbocycles. The SMILES string of the molecule is CC1(C)C2CCC1(CS(=O)(=O)OC(=O)c1ccc(O)cc1O)C(=O)C2. The lowest BCUT2D eigenvalue weighted by Gasteiger charge is -2.35. The van der Waals surface area contributed by atoms with E-state index in [0.717, 1.165) is 24.6 Å². The zero-order valence-electron chi connectivity index (χ0n) is 14.0. The highest BCUT2D eigenvalue weighted by Crippen LogP contribution is 2.64. The molecule has 2 bridgehead atoms. The topological polar surface area (TPSA) is 118 Å². The van der Waals surface area contributed by atoms with Crippen molar-refractivity contribution in [1.29, 1.82) is 0 Å². The van der Waals surface area contributed by atoms with Crippen LogP contribution in [-0.2, 0) is 19.1 Å². The van der Waals surface area contributed by atoms with Gasteiger partial charge in [0, 0.05) is 12.5 Å². The number of fused-ring (bicyclic) bond motifs is 2. The van der Waals surface area contributed by atoms with Gasteiger partial charge in [-0.3, -0.25) is 4.79 Å². The molecule has 8 heteroatoms. The van der Waals surface area contributed by atoms with Gasteiger partial charge in [0.1, 0.15) is 22.8 Å². The van der Waals surface area contributed by atoms with Crippen molar-refractivity contribution in [1.82, 2.24) is 0 Å². The van der Waals surface area contributed by atoms with E-state index in [4.69, 9.17) is 0 Å². The molecule has 0 radical (unpaired) electrons. The highest BCUT2D eigenvalue weighted by Gasteiger charge is 2.65. The second-order valence-electron chi connectivity index (χ2n) is 7.44. The van der Waals surface area contributed by atoms with Gasteiger partial charge < -0.3 is 14.4 Å². The van der Waals surface area contributed by atoms with Gasteiger partial charge in [0.05, 0.1) is 11.2 Å². The average Bonchev–Trinajstić information content (AvgIpc) is 2.80. The van der Waals surface area contributed by atoms with Gasteiger partial charge in [-0.1, -0.05) is 13.8 Å². The first kappa shape index (κ1) is 17.7. The highest BCUT2D eigenvalue weighted by atomic mass is 32.2. The van der Waals surface area contributed by atoms with Crippen molar-refractivity contribution in [3.05, 3.63) is 23.8 Å². The van der Waals surface area contributed by atoms with Gasteiger partial charge >= 0.3 is 16.1 Å². The van der Waals surface area contributed by atoms with Gasteiger partial charge in [0.2, 0.25) is 0 Å². The van der Waals surface area contributed by atoms with Crippen LogP contribution >= 0.6 is 0 Å². The molecule has 1 aromatic rings. The molecule has 0 spiro atoms. The van der Waals surface area contributed by atoms with Gasteiger partial charge in [-0.25, -0.2) is 4.79 Å². The van der Waals surface area contributed by atoms with Crippen molar-refractivity contribution in [2.24, 2.45) is 16.7 Å². The van der Waals surface area contributed by atoms with Crippen molar-refractivity contribution >= 4 is 21.9 Å². The number of phenolic OH excluding ortho intramolecular Hbond substituents is 2. The van der Waals surface area contributed by atoms with Crippen LogP contribution in [0.5, 0.6) is 11.5 Å². The summed E-state index contributed by atoms with van der Waals surface area (Å²) in [7, 11) is -4.33. The zero-order chi connectivity index (χ0) is 18.6. The first-order valence-electron chi connectivity index (χ1n) is 8.00. The average molecular weight is 368 g/mol. The molecular formula is C17H20O7S. The highest BCUT2D eigenvalue weighted by molar-refractivity contribution is 7.87. The first-order valence-corrected chi connectivity index (χ1v) is 9.58. The third kappa shape index (κ3) is 2.68. The van der Waals surface area contributed by atoms with Crippen molar-refractivity contribution < 1.29 is 32.4 Å². The molecule has 3 rings (SSSR count). The summed E-state index contributed by atoms with van der Waals surface area (Å²) in [5.41, 5.74) is -1.88. The molecule has 2 atom stereocenters. The molecule has 0 aliphatic heterocycles. The lowest BCUT2D eigenvalue weighted by atomic mass is 9.70. The van der Waals surface area contributed by atoms with E-state index in [9.17, 15) is 28.2 Å². The molecule has 2 saturated carbocycles. The molecule has 2 aliphatic rings. The number of aromatic hydroxyl groups is 2. The summed E-state index contributed by atoms with van der Waals surface area (Å²) in [5, 5.41) is 18.9. The fourth-order valence-corrected chi connectivity index (χ4v) is 5.95. The maximum Gasteiger partial charge on any atom is 0.357 e. The molecule has 2 N–H and O–H groups in total. The Morgan fingerprint density at radius 3 is 2.52 bits per heavy atom. The fraction of sp³-hybridized carbons (Fsp3) is 0.529. The molecule has 0 aromatic heterocycles. The number of ketones is 1. The number of carbonyl (C=O) groups excluding carboxylic acids is 2. The van der Waals surface area contributed by atoms with Crippen LogP contribution in [0.25, 0.3) is 0 Å². The normalized spacial score (nSPS) is 27.4. The summed E-state index contributed by atoms with van der Waals surface area (Å²) in [5.74, 6) is -2.60. The van der Waals surface area contributed by atoms with Gasteiger partial charge in [-0.15, -0.1) is 0 Å². The summed E-state index contributed by atoms with van der Waals surface area (Å²) in [6, 6.07) is 3.11. The minimum absolute atomic E-state index is 0.0964. The Labute approximate surface area is 145 Å². The summed E-state index contributed by atoms with van der Waals surface area (Å²) >= 11 is 0. The molecule has 136 valence electrons. The molecule has 25 heavy (non-hydrogen) atoms. The number of hydrogen-bond donors (Lipinski definition) is 2. The zero-order valence-corrected chi connectivity index (χ0v) is 14.8. The van der Waals surface area contributed by atoms with E-state index in [1.807, 2.05) is 13.8 Å². The van der Waals surface area contributed by atoms with Crippen LogP contribution in [-0.4, -0.2) is 36.1 Å². The van der Waals surface area contributed by atoms with Gasteiger partial charge in [-0.2, -0.15) is 8.42 Å². The lowest BCUT2D eigenvalue weighted by Crippen LogP contribution is -2.42. The lowest BCUT2D eigenvalue weighted by molar-refractivity contribution is -0.128. The molecule has 0 saturated heterocycles. The Hall–Kier alpha value is -2.09. The summed E-state index contributed by atoms with van der Waals surface area (Å²) in [4.78, 5) is 24.5. The third-order valence-corrected chi connectivity index (χ3v) is 7.22. The van der Waals surface area contributed by atoms with Gasteiger partial charge in [-0.05, 0) is 36.3 Å². The molecule has 0 heterocycles. The van der Waals surface area contributed by atoms with Crippen molar-refractivity contribution in [3.8, 4) is 11.5 Å². The number of hydrogen-bond acceptors (Lipinski definition) is 7. The third-order valence-electron chi connectivity index (χ3n) is 5.97. The van der Waals surface area contributed by atoms with Crippen LogP contribution in [0.4, 0.5) is 0 Å². The summed E-state index contributed by atoms with van der Waals surface area (Å²) < 4.78 is 29.5. The minimum atomic E-state index is -4.33. The number of rotatable bonds is 4. The van der Waals surface area contributed by atoms with E-state index < -0.39 is 38.4 Å². The largest absolute Gasteiger partial charge is 0.508 e. The van der Waals surface area contributed by atoms with E-state index in [2.05, 4.69) is 4.18 Å². The second kappa shape index (κ2) is 5.45. The van der Waals surface area contributed by atoms with Crippen LogP contribution < -0.4 is 0 Å². The molecule has 7 nitrogen and oxygen atoms in total. The fourth-order valence-electron chi connectivity index (χ4n) is 4.29. The van der Waals surface area contributed by atoms with Crippen LogP contribution in [0.15, 0.2) is 18.2 Å². The Morgan fingerprint density at radius 1 is 1.32 bits per heavy atom. The molecular weight excluding hydrogens is 348 g/mol. The number of benzene rings is 1. The monoisotopic (exact) mass is 368 g/mol. The van der Waals surface area contributed by atoms with E-state index in [1.165, 1.54) is 0 Å². The van der Waals surface area contributed by atoms with Crippen molar-refractivity contribution in [2.75, 3.05) is 5.75 Å². The Bertz CT molecular complexity index is 856. The minimum Gasteiger partial charge on any atom is -0.508 e. The Morgan fingerprint density at radius 2 is 2.00 bits per heavy atom. The second-order valence-corrected chi connectivity index (χ2v) is 9.01. The predicted octanol–water partition coefficient (Wildman–Crippen LogP) is 1.98. The van der Waals surface area contributed by atoms with Gasteiger partial charge in [0.15, 0.2) is 0 Å². The van der Waals surface area contributed by atoms with E-state index in [0.29, 0.717) is 12.8 Å². The number of phenols is 2. The molecule has 2 unspecified atom stereocenters. The van der Waals surface area contributed by atoms with E-state index >= 15 is 0 Å². The molecule has 0 amide bonds. The molecule has 2 fully saturated rings. The van der Waals surface area contributed by atoms with E-state index in [-0.39, 0.29) is 23.0 Å². The Balaban J connectivity index is 1.83. The molecule has 1 aromatic carbocycles. The van der Waals surface area contributed by atoms with Crippen LogP contribution in [0.3, 0.4) is 0 Å². The number of Topliss-reactive ketones (excluding diaryl/α,β-unsaturated/α-hetero) is 1. The Kier molecular flexibility index (Phi) is 3.87. The standard InChI is InChI=1S/C17H20O7S/c1-16(2)10-5-6-17(16,14(20)7-10)9-25(22,23)24-15(21)12-4-3-11(18)8-13(12)19/h3-4,8,10,18-19H,5-7,9H2,1-2H3. The first-order chi connectivity index (χ1) is 11.5. The maximum absolute atomic E-state index is 12.4. The van der Waals surface area contributed by atoms with E-state index in [1.54, 1.807) is 0 Å². The van der Waals surface area contributed by atoms with Crippen molar-refractivity contribution in [3.63, 3.8) is 0 Å². The summed E-state index contributed by atoms with van der Waals surface area (Å²) in [6.07, 6.45) is 1.60. The smallest absolute Gasteiger partial charge is 0.357 e. The number of carbonyl (C=O) groups is 2. The predicted molar refractivity (Wildman–Crippen MR) is 87.5 cm³/mol. The maximum atomic E-state index is 12.4. The van der Waals surface area contributed by atoms with Crippen LogP contribution in [0.1, 0.15) is 43.5 Å². The van der Waals surface area contributed by atoms with Crippen LogP contribution in [0, 0.1) is 16.7 Å². The van der Waals surface area contributed by atoms with Crippen LogP contribution in [0.2, 0.25) is 0 Å². The van der Waals surface area contributed by atoms with Gasteiger partial charge in [0.25, 0.3) is 0 Å². The van der Waals surface area contributed by atoms with Crippen molar-refractivity contribution in [2.45, 2.75) is 33.1 Å².